The first-order chi connectivity index (χ1) is 5.69. The first kappa shape index (κ1) is 9.32. The Morgan fingerprint density at radius 1 is 1.42 bits per heavy atom. The van der Waals surface area contributed by atoms with E-state index in [2.05, 4.69) is 23.7 Å². The predicted octanol–water partition coefficient (Wildman–Crippen LogP) is 1.88. The van der Waals surface area contributed by atoms with Crippen molar-refractivity contribution in [2.45, 2.75) is 20.8 Å². The Hall–Kier alpha value is -0.770. The summed E-state index contributed by atoms with van der Waals surface area (Å²) < 4.78 is 0. The van der Waals surface area contributed by atoms with Crippen LogP contribution in [0.3, 0.4) is 0 Å². The number of aromatic nitrogens is 1. The lowest BCUT2D eigenvalue weighted by atomic mass is 10.5. The van der Waals surface area contributed by atoms with Crippen molar-refractivity contribution < 1.29 is 0 Å². The van der Waals surface area contributed by atoms with Crippen LogP contribution in [0.25, 0.3) is 0 Å². The quantitative estimate of drug-likeness (QED) is 0.781. The Balaban J connectivity index is 2.86. The Morgan fingerprint density at radius 2 is 2.00 bits per heavy atom. The van der Waals surface area contributed by atoms with Crippen LogP contribution in [-0.4, -0.2) is 18.1 Å². The molecule has 0 saturated heterocycles. The van der Waals surface area contributed by atoms with Gasteiger partial charge in [-0.1, -0.05) is 11.3 Å². The Bertz CT molecular complexity index is 233. The molecular formula is C8H15N3S. The van der Waals surface area contributed by atoms with Crippen molar-refractivity contribution in [1.29, 1.82) is 0 Å². The van der Waals surface area contributed by atoms with Crippen LogP contribution < -0.4 is 10.6 Å². The number of nitrogens with two attached hydrogens (primary N) is 1. The SMILES string of the molecule is CCN(CC)c1nc(C)c(N)s1. The Morgan fingerprint density at radius 3 is 2.33 bits per heavy atom. The largest absolute Gasteiger partial charge is 0.389 e. The van der Waals surface area contributed by atoms with Crippen molar-refractivity contribution in [3.8, 4) is 0 Å². The van der Waals surface area contributed by atoms with Crippen molar-refractivity contribution in [2.75, 3.05) is 23.7 Å². The number of hydrogen-bond acceptors (Lipinski definition) is 4. The molecule has 0 fully saturated rings. The third-order valence-electron chi connectivity index (χ3n) is 1.86. The van der Waals surface area contributed by atoms with Crippen LogP contribution >= 0.6 is 11.3 Å². The fourth-order valence-corrected chi connectivity index (χ4v) is 1.98. The fraction of sp³-hybridized carbons (Fsp3) is 0.625. The highest BCUT2D eigenvalue weighted by Crippen LogP contribution is 2.27. The predicted molar refractivity (Wildman–Crippen MR) is 54.8 cm³/mol. The molecule has 1 rings (SSSR count). The van der Waals surface area contributed by atoms with Gasteiger partial charge in [-0.15, -0.1) is 0 Å². The van der Waals surface area contributed by atoms with E-state index >= 15 is 0 Å². The number of nitrogens with zero attached hydrogens (tertiary/aromatic N) is 2. The summed E-state index contributed by atoms with van der Waals surface area (Å²) >= 11 is 1.56. The van der Waals surface area contributed by atoms with E-state index in [4.69, 9.17) is 5.73 Å². The van der Waals surface area contributed by atoms with E-state index in [-0.39, 0.29) is 0 Å². The average molecular weight is 185 g/mol. The smallest absolute Gasteiger partial charge is 0.187 e. The van der Waals surface area contributed by atoms with Crippen molar-refractivity contribution in [3.63, 3.8) is 0 Å². The normalized spacial score (nSPS) is 10.2. The number of anilines is 2. The standard InChI is InChI=1S/C8H15N3S/c1-4-11(5-2)8-10-6(3)7(9)12-8/h4-5,9H2,1-3H3. The first-order valence-corrected chi connectivity index (χ1v) is 4.98. The first-order valence-electron chi connectivity index (χ1n) is 4.16. The lowest BCUT2D eigenvalue weighted by Crippen LogP contribution is -2.21. The summed E-state index contributed by atoms with van der Waals surface area (Å²) in [5.74, 6) is 0. The molecule has 0 spiro atoms. The van der Waals surface area contributed by atoms with Gasteiger partial charge in [0.1, 0.15) is 5.00 Å². The van der Waals surface area contributed by atoms with Crippen molar-refractivity contribution in [3.05, 3.63) is 5.69 Å². The lowest BCUT2D eigenvalue weighted by molar-refractivity contribution is 0.857. The van der Waals surface area contributed by atoms with E-state index in [1.165, 1.54) is 0 Å². The van der Waals surface area contributed by atoms with Crippen LogP contribution in [0, 0.1) is 6.92 Å². The highest BCUT2D eigenvalue weighted by atomic mass is 32.1. The van der Waals surface area contributed by atoms with Crippen LogP contribution in [0.15, 0.2) is 0 Å². The maximum absolute atomic E-state index is 5.72. The maximum Gasteiger partial charge on any atom is 0.187 e. The molecule has 68 valence electrons. The second-order valence-corrected chi connectivity index (χ2v) is 3.63. The molecule has 2 N–H and O–H groups in total. The Kier molecular flexibility index (Phi) is 2.92. The average Bonchev–Trinajstić information content (AvgIpc) is 2.35. The number of rotatable bonds is 3. The van der Waals surface area contributed by atoms with Crippen LogP contribution in [0.5, 0.6) is 0 Å². The van der Waals surface area contributed by atoms with Crippen molar-refractivity contribution in [1.82, 2.24) is 4.98 Å². The molecule has 1 aromatic rings. The number of nitrogen functional groups attached to an aromatic ring is 1. The second kappa shape index (κ2) is 3.76. The summed E-state index contributed by atoms with van der Waals surface area (Å²) in [6.07, 6.45) is 0. The van der Waals surface area contributed by atoms with Crippen LogP contribution in [0.1, 0.15) is 19.5 Å². The molecule has 0 amide bonds. The summed E-state index contributed by atoms with van der Waals surface area (Å²) in [6.45, 7) is 8.16. The molecule has 3 nitrogen and oxygen atoms in total. The minimum Gasteiger partial charge on any atom is -0.389 e. The zero-order valence-electron chi connectivity index (χ0n) is 7.79. The third kappa shape index (κ3) is 1.69. The van der Waals surface area contributed by atoms with Crippen molar-refractivity contribution in [2.24, 2.45) is 0 Å². The minimum atomic E-state index is 0.830. The van der Waals surface area contributed by atoms with E-state index < -0.39 is 0 Å². The van der Waals surface area contributed by atoms with Crippen LogP contribution in [0.4, 0.5) is 10.1 Å². The monoisotopic (exact) mass is 185 g/mol. The summed E-state index contributed by atoms with van der Waals surface area (Å²) in [7, 11) is 0. The highest BCUT2D eigenvalue weighted by molar-refractivity contribution is 7.19. The number of aryl methyl sites for hydroxylation is 1. The second-order valence-electron chi connectivity index (χ2n) is 2.62. The molecule has 12 heavy (non-hydrogen) atoms. The molecule has 1 aromatic heterocycles. The third-order valence-corrected chi connectivity index (χ3v) is 2.90. The van der Waals surface area contributed by atoms with Gasteiger partial charge in [0.25, 0.3) is 0 Å². The molecule has 0 radical (unpaired) electrons. The van der Waals surface area contributed by atoms with Crippen LogP contribution in [0.2, 0.25) is 0 Å². The molecule has 1 heterocycles. The molecule has 0 saturated carbocycles. The van der Waals surface area contributed by atoms with E-state index in [0.717, 1.165) is 28.9 Å². The summed E-state index contributed by atoms with van der Waals surface area (Å²) in [5, 5.41) is 1.87. The Labute approximate surface area is 77.2 Å². The molecule has 0 unspecified atom stereocenters. The van der Waals surface area contributed by atoms with Crippen LogP contribution in [-0.2, 0) is 0 Å². The minimum absolute atomic E-state index is 0.830. The highest BCUT2D eigenvalue weighted by Gasteiger charge is 2.08. The van der Waals surface area contributed by atoms with E-state index in [0.29, 0.717) is 0 Å². The lowest BCUT2D eigenvalue weighted by Gasteiger charge is -2.16. The van der Waals surface area contributed by atoms with Gasteiger partial charge in [0.15, 0.2) is 5.13 Å². The van der Waals surface area contributed by atoms with Gasteiger partial charge in [-0.25, -0.2) is 4.98 Å². The van der Waals surface area contributed by atoms with E-state index in [9.17, 15) is 0 Å². The number of thiazole rings is 1. The maximum atomic E-state index is 5.72. The van der Waals surface area contributed by atoms with E-state index in [1.54, 1.807) is 11.3 Å². The summed E-state index contributed by atoms with van der Waals surface area (Å²) in [6, 6.07) is 0. The van der Waals surface area contributed by atoms with Gasteiger partial charge in [-0.3, -0.25) is 0 Å². The van der Waals surface area contributed by atoms with E-state index in [1.807, 2.05) is 6.92 Å². The molecule has 0 bridgehead atoms. The zero-order chi connectivity index (χ0) is 9.14. The summed E-state index contributed by atoms with van der Waals surface area (Å²) in [4.78, 5) is 6.57. The van der Waals surface area contributed by atoms with Gasteiger partial charge < -0.3 is 10.6 Å². The molecule has 0 aliphatic heterocycles. The van der Waals surface area contributed by atoms with Gasteiger partial charge >= 0.3 is 0 Å². The topological polar surface area (TPSA) is 42.2 Å². The van der Waals surface area contributed by atoms with Gasteiger partial charge in [-0.2, -0.15) is 0 Å². The number of hydrogen-bond donors (Lipinski definition) is 1. The van der Waals surface area contributed by atoms with Gasteiger partial charge in [-0.05, 0) is 20.8 Å². The molecular weight excluding hydrogens is 170 g/mol. The van der Waals surface area contributed by atoms with Crippen molar-refractivity contribution >= 4 is 21.5 Å². The molecule has 4 heteroatoms. The molecule has 0 aliphatic rings. The van der Waals surface area contributed by atoms with Gasteiger partial charge in [0.05, 0.1) is 5.69 Å². The summed E-state index contributed by atoms with van der Waals surface area (Å²) in [5.41, 5.74) is 6.66. The van der Waals surface area contributed by atoms with Gasteiger partial charge in [0, 0.05) is 13.1 Å². The molecule has 0 aliphatic carbocycles. The zero-order valence-corrected chi connectivity index (χ0v) is 8.61. The molecule has 0 aromatic carbocycles. The van der Waals surface area contributed by atoms with Gasteiger partial charge in [0.2, 0.25) is 0 Å². The molecule has 0 atom stereocenters. The fourth-order valence-electron chi connectivity index (χ4n) is 1.02.